The fourth-order valence-electron chi connectivity index (χ4n) is 4.48. The van der Waals surface area contributed by atoms with Gasteiger partial charge in [-0.05, 0) is 79.0 Å². The summed E-state index contributed by atoms with van der Waals surface area (Å²) in [4.78, 5) is 0. The van der Waals surface area contributed by atoms with E-state index in [0.717, 1.165) is 21.9 Å². The summed E-state index contributed by atoms with van der Waals surface area (Å²) < 4.78 is 0. The van der Waals surface area contributed by atoms with Crippen molar-refractivity contribution < 1.29 is 0 Å². The van der Waals surface area contributed by atoms with Gasteiger partial charge < -0.3 is 0 Å². The maximum absolute atomic E-state index is 6.84. The minimum Gasteiger partial charge on any atom is -0.0827 e. The Morgan fingerprint density at radius 1 is 0.433 bits per heavy atom. The Bertz CT molecular complexity index is 1610. The number of halogens is 2. The van der Waals surface area contributed by atoms with Crippen LogP contribution in [0.1, 0.15) is 0 Å². The quantitative estimate of drug-likeness (QED) is 0.231. The molecule has 0 aliphatic rings. The molecule has 0 fully saturated rings. The maximum Gasteiger partial charge on any atom is 0.0677 e. The first-order valence-electron chi connectivity index (χ1n) is 9.91. The predicted octanol–water partition coefficient (Wildman–Crippen LogP) is 9.27. The van der Waals surface area contributed by atoms with Crippen molar-refractivity contribution in [2.45, 2.75) is 0 Å². The normalized spacial score (nSPS) is 11.7. The largest absolute Gasteiger partial charge is 0.0827 e. The Labute approximate surface area is 184 Å². The molecule has 0 aliphatic carbocycles. The third kappa shape index (κ3) is 2.69. The van der Waals surface area contributed by atoms with Gasteiger partial charge in [0.25, 0.3) is 0 Å². The molecular formula is C28H16Cl2. The molecule has 0 atom stereocenters. The van der Waals surface area contributed by atoms with E-state index in [1.165, 1.54) is 32.3 Å². The molecule has 0 saturated heterocycles. The highest BCUT2D eigenvalue weighted by Gasteiger charge is 2.16. The summed E-state index contributed by atoms with van der Waals surface area (Å²) in [5.41, 5.74) is 2.09. The molecule has 6 aromatic rings. The Hall–Kier alpha value is -3.06. The summed E-state index contributed by atoms with van der Waals surface area (Å²) in [6.07, 6.45) is 0. The molecule has 142 valence electrons. The number of fused-ring (bicyclic) bond motifs is 4. The monoisotopic (exact) mass is 422 g/mol. The Morgan fingerprint density at radius 3 is 1.63 bits per heavy atom. The summed E-state index contributed by atoms with van der Waals surface area (Å²) in [5, 5.41) is 10.6. The lowest BCUT2D eigenvalue weighted by molar-refractivity contribution is 1.70. The minimum atomic E-state index is 0.576. The third-order valence-electron chi connectivity index (χ3n) is 5.91. The molecule has 6 rings (SSSR count). The van der Waals surface area contributed by atoms with Crippen molar-refractivity contribution in [2.24, 2.45) is 0 Å². The van der Waals surface area contributed by atoms with E-state index in [4.69, 9.17) is 23.2 Å². The fourth-order valence-corrected chi connectivity index (χ4v) is 4.95. The maximum atomic E-state index is 6.84. The highest BCUT2D eigenvalue weighted by atomic mass is 35.5. The van der Waals surface area contributed by atoms with E-state index in [9.17, 15) is 0 Å². The van der Waals surface area contributed by atoms with Gasteiger partial charge in [-0.3, -0.25) is 0 Å². The van der Waals surface area contributed by atoms with Crippen LogP contribution in [0.5, 0.6) is 0 Å². The average Bonchev–Trinajstić information content (AvgIpc) is 2.77. The van der Waals surface area contributed by atoms with Crippen LogP contribution >= 0.6 is 23.2 Å². The van der Waals surface area contributed by atoms with Crippen LogP contribution in [-0.4, -0.2) is 0 Å². The van der Waals surface area contributed by atoms with Crippen molar-refractivity contribution in [1.29, 1.82) is 0 Å². The van der Waals surface area contributed by atoms with Crippen molar-refractivity contribution >= 4 is 66.3 Å². The van der Waals surface area contributed by atoms with E-state index < -0.39 is 0 Å². The van der Waals surface area contributed by atoms with Gasteiger partial charge >= 0.3 is 0 Å². The first kappa shape index (κ1) is 17.8. The molecule has 0 heterocycles. The van der Waals surface area contributed by atoms with Gasteiger partial charge in [0, 0.05) is 5.56 Å². The highest BCUT2D eigenvalue weighted by Crippen LogP contribution is 2.44. The fraction of sp³-hybridized carbons (Fsp3) is 0. The van der Waals surface area contributed by atoms with Crippen LogP contribution in [0.2, 0.25) is 10.0 Å². The predicted molar refractivity (Wildman–Crippen MR) is 132 cm³/mol. The topological polar surface area (TPSA) is 0 Å². The minimum absolute atomic E-state index is 0.576. The van der Waals surface area contributed by atoms with Crippen LogP contribution in [-0.2, 0) is 0 Å². The first-order chi connectivity index (χ1) is 14.7. The van der Waals surface area contributed by atoms with E-state index in [-0.39, 0.29) is 0 Å². The second-order valence-electron chi connectivity index (χ2n) is 7.69. The summed E-state index contributed by atoms with van der Waals surface area (Å²) >= 11 is 13.5. The first-order valence-corrected chi connectivity index (χ1v) is 10.7. The van der Waals surface area contributed by atoms with Crippen LogP contribution in [0.3, 0.4) is 0 Å². The molecule has 0 amide bonds. The van der Waals surface area contributed by atoms with Crippen molar-refractivity contribution in [3.05, 3.63) is 107 Å². The summed E-state index contributed by atoms with van der Waals surface area (Å²) in [5.74, 6) is 0. The van der Waals surface area contributed by atoms with Crippen molar-refractivity contribution in [3.8, 4) is 11.1 Å². The molecule has 0 saturated carbocycles. The summed E-state index contributed by atoms with van der Waals surface area (Å²) in [6.45, 7) is 0. The molecule has 0 bridgehead atoms. The van der Waals surface area contributed by atoms with Crippen LogP contribution in [0.25, 0.3) is 54.2 Å². The van der Waals surface area contributed by atoms with Gasteiger partial charge in [0.2, 0.25) is 0 Å². The zero-order valence-electron chi connectivity index (χ0n) is 16.0. The second kappa shape index (κ2) is 6.74. The summed E-state index contributed by atoms with van der Waals surface area (Å²) in [6, 6.07) is 34.1. The Balaban J connectivity index is 1.78. The third-order valence-corrected chi connectivity index (χ3v) is 6.70. The zero-order valence-corrected chi connectivity index (χ0v) is 17.5. The molecule has 0 unspecified atom stereocenters. The van der Waals surface area contributed by atoms with Gasteiger partial charge in [-0.1, -0.05) is 89.9 Å². The van der Waals surface area contributed by atoms with Crippen LogP contribution < -0.4 is 0 Å². The Kier molecular flexibility index (Phi) is 3.99. The number of benzene rings is 6. The molecular weight excluding hydrogens is 407 g/mol. The number of hydrogen-bond donors (Lipinski definition) is 0. The summed E-state index contributed by atoms with van der Waals surface area (Å²) in [7, 11) is 0. The lowest BCUT2D eigenvalue weighted by Gasteiger charge is -2.15. The van der Waals surface area contributed by atoms with E-state index >= 15 is 0 Å². The van der Waals surface area contributed by atoms with Crippen LogP contribution in [0.15, 0.2) is 97.1 Å². The Morgan fingerprint density at radius 2 is 0.967 bits per heavy atom. The number of hydrogen-bond acceptors (Lipinski definition) is 0. The lowest BCUT2D eigenvalue weighted by Crippen LogP contribution is -1.88. The second-order valence-corrected chi connectivity index (χ2v) is 8.48. The van der Waals surface area contributed by atoms with Gasteiger partial charge in [-0.2, -0.15) is 0 Å². The molecule has 2 heteroatoms. The molecule has 6 aromatic carbocycles. The van der Waals surface area contributed by atoms with Gasteiger partial charge in [0.15, 0.2) is 0 Å². The van der Waals surface area contributed by atoms with Crippen molar-refractivity contribution in [3.63, 3.8) is 0 Å². The van der Waals surface area contributed by atoms with E-state index in [1.807, 2.05) is 6.07 Å². The highest BCUT2D eigenvalue weighted by molar-refractivity contribution is 6.45. The van der Waals surface area contributed by atoms with Gasteiger partial charge in [0.1, 0.15) is 0 Å². The average molecular weight is 423 g/mol. The standard InChI is InChI=1S/C28H16Cl2/c29-26-16-22-13-18-7-2-4-9-20(18)15-25(22)27(28(26)30)23-11-5-10-21-12-17-6-1-3-8-19(17)14-24(21)23/h1-16H. The van der Waals surface area contributed by atoms with E-state index in [0.29, 0.717) is 10.0 Å². The zero-order chi connectivity index (χ0) is 20.2. The molecule has 0 aliphatic heterocycles. The molecule has 0 spiro atoms. The van der Waals surface area contributed by atoms with Gasteiger partial charge in [0.05, 0.1) is 10.0 Å². The molecule has 30 heavy (non-hydrogen) atoms. The van der Waals surface area contributed by atoms with E-state index in [1.54, 1.807) is 0 Å². The van der Waals surface area contributed by atoms with Crippen molar-refractivity contribution in [1.82, 2.24) is 0 Å². The van der Waals surface area contributed by atoms with Crippen LogP contribution in [0, 0.1) is 0 Å². The van der Waals surface area contributed by atoms with E-state index in [2.05, 4.69) is 91.0 Å². The molecule has 0 aromatic heterocycles. The SMILES string of the molecule is Clc1cc2cc3ccccc3cc2c(-c2cccc3cc4ccccc4cc23)c1Cl. The molecule has 0 nitrogen and oxygen atoms in total. The van der Waals surface area contributed by atoms with Crippen molar-refractivity contribution in [2.75, 3.05) is 0 Å². The van der Waals surface area contributed by atoms with Crippen LogP contribution in [0.4, 0.5) is 0 Å². The van der Waals surface area contributed by atoms with Gasteiger partial charge in [-0.15, -0.1) is 0 Å². The van der Waals surface area contributed by atoms with Gasteiger partial charge in [-0.25, -0.2) is 0 Å². The molecule has 0 radical (unpaired) electrons. The smallest absolute Gasteiger partial charge is 0.0677 e. The lowest BCUT2D eigenvalue weighted by atomic mass is 9.91. The number of rotatable bonds is 1. The molecule has 0 N–H and O–H groups in total.